The van der Waals surface area contributed by atoms with Crippen LogP contribution in [-0.2, 0) is 9.84 Å². The molecule has 0 aliphatic rings. The minimum Gasteiger partial charge on any atom is -0.331 e. The minimum absolute atomic E-state index is 0.250. The summed E-state index contributed by atoms with van der Waals surface area (Å²) in [6.45, 7) is 6.00. The molecule has 0 bridgehead atoms. The molecule has 2 rings (SSSR count). The lowest BCUT2D eigenvalue weighted by Gasteiger charge is -2.18. The molecule has 2 aromatic carbocycles. The Hall–Kier alpha value is -2.34. The van der Waals surface area contributed by atoms with Crippen molar-refractivity contribution in [1.29, 1.82) is 0 Å². The van der Waals surface area contributed by atoms with Crippen LogP contribution in [0.5, 0.6) is 0 Å². The maximum Gasteiger partial charge on any atom is 0.319 e. The van der Waals surface area contributed by atoms with Gasteiger partial charge in [0.15, 0.2) is 9.84 Å². The number of para-hydroxylation sites is 1. The topological polar surface area (TPSA) is 75.3 Å². The van der Waals surface area contributed by atoms with E-state index < -0.39 is 9.84 Å². The molecule has 2 aromatic rings. The summed E-state index contributed by atoms with van der Waals surface area (Å²) >= 11 is 0. The van der Waals surface area contributed by atoms with Gasteiger partial charge in [0.1, 0.15) is 0 Å². The highest BCUT2D eigenvalue weighted by Gasteiger charge is 2.13. The van der Waals surface area contributed by atoms with Crippen LogP contribution in [0.1, 0.15) is 43.9 Å². The van der Waals surface area contributed by atoms with Gasteiger partial charge in [0.2, 0.25) is 0 Å². The van der Waals surface area contributed by atoms with Crippen LogP contribution < -0.4 is 10.6 Å². The van der Waals surface area contributed by atoms with Gasteiger partial charge in [-0.1, -0.05) is 44.2 Å². The molecule has 0 saturated heterocycles. The second-order valence-corrected chi connectivity index (χ2v) is 8.42. The number of urea groups is 1. The van der Waals surface area contributed by atoms with Gasteiger partial charge < -0.3 is 10.6 Å². The zero-order valence-corrected chi connectivity index (χ0v) is 15.7. The first-order valence-corrected chi connectivity index (χ1v) is 10.0. The third kappa shape index (κ3) is 5.06. The minimum atomic E-state index is -3.22. The number of nitrogens with one attached hydrogen (secondary N) is 2. The van der Waals surface area contributed by atoms with Crippen LogP contribution in [-0.4, -0.2) is 20.7 Å². The second kappa shape index (κ2) is 7.70. The molecule has 0 saturated carbocycles. The Balaban J connectivity index is 2.06. The molecular weight excluding hydrogens is 336 g/mol. The van der Waals surface area contributed by atoms with Crippen LogP contribution in [0.15, 0.2) is 53.4 Å². The van der Waals surface area contributed by atoms with Crippen molar-refractivity contribution in [2.45, 2.75) is 37.6 Å². The van der Waals surface area contributed by atoms with Gasteiger partial charge in [-0.15, -0.1) is 0 Å². The summed E-state index contributed by atoms with van der Waals surface area (Å²) in [6, 6.07) is 13.7. The Kier molecular flexibility index (Phi) is 5.85. The summed E-state index contributed by atoms with van der Waals surface area (Å²) < 4.78 is 23.0. The maximum absolute atomic E-state index is 12.3. The Morgan fingerprint density at radius 2 is 1.56 bits per heavy atom. The lowest BCUT2D eigenvalue weighted by atomic mass is 10.0. The van der Waals surface area contributed by atoms with E-state index in [0.29, 0.717) is 5.92 Å². The first kappa shape index (κ1) is 19.0. The van der Waals surface area contributed by atoms with Gasteiger partial charge in [-0.25, -0.2) is 13.2 Å². The van der Waals surface area contributed by atoms with Crippen molar-refractivity contribution >= 4 is 21.6 Å². The third-order valence-electron chi connectivity index (χ3n) is 3.99. The van der Waals surface area contributed by atoms with Crippen LogP contribution in [0.2, 0.25) is 0 Å². The number of sulfone groups is 1. The molecule has 5 nitrogen and oxygen atoms in total. The van der Waals surface area contributed by atoms with E-state index in [9.17, 15) is 13.2 Å². The molecule has 25 heavy (non-hydrogen) atoms. The molecule has 0 aromatic heterocycles. The molecule has 0 radical (unpaired) electrons. The predicted octanol–water partition coefficient (Wildman–Crippen LogP) is 4.10. The highest BCUT2D eigenvalue weighted by atomic mass is 32.2. The van der Waals surface area contributed by atoms with E-state index in [1.807, 2.05) is 31.2 Å². The molecule has 6 heteroatoms. The van der Waals surface area contributed by atoms with Crippen LogP contribution in [0, 0.1) is 0 Å². The van der Waals surface area contributed by atoms with Crippen LogP contribution in [0.3, 0.4) is 0 Å². The molecule has 2 N–H and O–H groups in total. The summed E-state index contributed by atoms with van der Waals surface area (Å²) in [5.41, 5.74) is 2.69. The van der Waals surface area contributed by atoms with Crippen molar-refractivity contribution in [2.75, 3.05) is 11.6 Å². The van der Waals surface area contributed by atoms with E-state index >= 15 is 0 Å². The smallest absolute Gasteiger partial charge is 0.319 e. The van der Waals surface area contributed by atoms with Crippen molar-refractivity contribution in [3.63, 3.8) is 0 Å². The molecule has 2 amide bonds. The first-order chi connectivity index (χ1) is 11.7. The van der Waals surface area contributed by atoms with E-state index in [0.717, 1.165) is 16.8 Å². The lowest BCUT2D eigenvalue weighted by molar-refractivity contribution is 0.249. The van der Waals surface area contributed by atoms with Gasteiger partial charge in [0, 0.05) is 11.9 Å². The van der Waals surface area contributed by atoms with Crippen LogP contribution in [0.25, 0.3) is 0 Å². The normalized spacial score (nSPS) is 12.7. The fourth-order valence-corrected chi connectivity index (χ4v) is 3.19. The van der Waals surface area contributed by atoms with Crippen molar-refractivity contribution in [1.82, 2.24) is 5.32 Å². The summed E-state index contributed by atoms with van der Waals surface area (Å²) in [5, 5.41) is 5.75. The predicted molar refractivity (Wildman–Crippen MR) is 101 cm³/mol. The molecule has 0 fully saturated rings. The SMILES string of the molecule is CC(C)c1ccccc1NC(=O)NC(C)c1ccc(S(C)(=O)=O)cc1. The number of hydrogen-bond acceptors (Lipinski definition) is 3. The Bertz CT molecular complexity index is 843. The molecule has 0 aliphatic heterocycles. The average Bonchev–Trinajstić information content (AvgIpc) is 2.54. The zero-order chi connectivity index (χ0) is 18.6. The molecular formula is C19H24N2O3S. The highest BCUT2D eigenvalue weighted by Crippen LogP contribution is 2.24. The molecule has 0 spiro atoms. The number of amides is 2. The van der Waals surface area contributed by atoms with Gasteiger partial charge >= 0.3 is 6.03 Å². The number of hydrogen-bond donors (Lipinski definition) is 2. The van der Waals surface area contributed by atoms with Crippen molar-refractivity contribution in [3.8, 4) is 0 Å². The van der Waals surface area contributed by atoms with Gasteiger partial charge in [0.05, 0.1) is 10.9 Å². The summed E-state index contributed by atoms with van der Waals surface area (Å²) in [4.78, 5) is 12.5. The summed E-state index contributed by atoms with van der Waals surface area (Å²) in [5.74, 6) is 0.303. The monoisotopic (exact) mass is 360 g/mol. The molecule has 134 valence electrons. The summed E-state index contributed by atoms with van der Waals surface area (Å²) in [6.07, 6.45) is 1.17. The molecule has 1 unspecified atom stereocenters. The van der Waals surface area contributed by atoms with Crippen molar-refractivity contribution in [3.05, 3.63) is 59.7 Å². The Morgan fingerprint density at radius 3 is 2.12 bits per heavy atom. The molecule has 0 aliphatic carbocycles. The highest BCUT2D eigenvalue weighted by molar-refractivity contribution is 7.90. The van der Waals surface area contributed by atoms with Crippen molar-refractivity contribution in [2.24, 2.45) is 0 Å². The standard InChI is InChI=1S/C19H24N2O3S/c1-13(2)17-7-5-6-8-18(17)21-19(22)20-14(3)15-9-11-16(12-10-15)25(4,23)24/h5-14H,1-4H3,(H2,20,21,22). The molecule has 1 atom stereocenters. The number of carbonyl (C=O) groups excluding carboxylic acids is 1. The van der Waals surface area contributed by atoms with E-state index in [-0.39, 0.29) is 17.0 Å². The van der Waals surface area contributed by atoms with E-state index in [2.05, 4.69) is 24.5 Å². The second-order valence-electron chi connectivity index (χ2n) is 6.40. The van der Waals surface area contributed by atoms with Gasteiger partial charge in [-0.3, -0.25) is 0 Å². The maximum atomic E-state index is 12.3. The fourth-order valence-electron chi connectivity index (χ4n) is 2.56. The van der Waals surface area contributed by atoms with E-state index in [4.69, 9.17) is 0 Å². The summed E-state index contributed by atoms with van der Waals surface area (Å²) in [7, 11) is -3.22. The number of benzene rings is 2. The fraction of sp³-hybridized carbons (Fsp3) is 0.316. The molecule has 0 heterocycles. The lowest BCUT2D eigenvalue weighted by Crippen LogP contribution is -2.31. The zero-order valence-electron chi connectivity index (χ0n) is 14.9. The van der Waals surface area contributed by atoms with Gasteiger partial charge in [-0.2, -0.15) is 0 Å². The number of rotatable bonds is 5. The Labute approximate surface area is 149 Å². The first-order valence-electron chi connectivity index (χ1n) is 8.15. The number of anilines is 1. The van der Waals surface area contributed by atoms with Crippen LogP contribution >= 0.6 is 0 Å². The van der Waals surface area contributed by atoms with Gasteiger partial charge in [0.25, 0.3) is 0 Å². The van der Waals surface area contributed by atoms with Gasteiger partial charge in [-0.05, 0) is 42.2 Å². The largest absolute Gasteiger partial charge is 0.331 e. The Morgan fingerprint density at radius 1 is 0.960 bits per heavy atom. The van der Waals surface area contributed by atoms with E-state index in [1.54, 1.807) is 24.3 Å². The van der Waals surface area contributed by atoms with Crippen LogP contribution in [0.4, 0.5) is 10.5 Å². The van der Waals surface area contributed by atoms with E-state index in [1.165, 1.54) is 6.26 Å². The quantitative estimate of drug-likeness (QED) is 0.843. The third-order valence-corrected chi connectivity index (χ3v) is 5.12. The average molecular weight is 360 g/mol. The van der Waals surface area contributed by atoms with Crippen molar-refractivity contribution < 1.29 is 13.2 Å². The number of carbonyl (C=O) groups is 1.